The number of aromatic nitrogens is 3. The van der Waals surface area contributed by atoms with Gasteiger partial charge in [0.2, 0.25) is 0 Å². The molecular weight excluding hydrogens is 332 g/mol. The summed E-state index contributed by atoms with van der Waals surface area (Å²) in [6, 6.07) is 14.9. The van der Waals surface area contributed by atoms with Gasteiger partial charge in [0.1, 0.15) is 35.3 Å². The van der Waals surface area contributed by atoms with Crippen molar-refractivity contribution in [2.75, 3.05) is 18.6 Å². The number of pyridine rings is 1. The van der Waals surface area contributed by atoms with Gasteiger partial charge in [-0.15, -0.1) is 0 Å². The number of hydrogen-bond donors (Lipinski definition) is 0. The van der Waals surface area contributed by atoms with Gasteiger partial charge < -0.3 is 9.47 Å². The highest BCUT2D eigenvalue weighted by Gasteiger charge is 2.28. The van der Waals surface area contributed by atoms with Crippen molar-refractivity contribution in [1.82, 2.24) is 14.8 Å². The minimum absolute atomic E-state index is 0.118. The number of fused-ring (bicyclic) bond motifs is 1. The molecule has 0 aliphatic carbocycles. The number of nitrogens with zero attached hydrogens (tertiary/aromatic N) is 4. The van der Waals surface area contributed by atoms with Crippen molar-refractivity contribution in [3.05, 3.63) is 66.1 Å². The fourth-order valence-corrected chi connectivity index (χ4v) is 2.86. The van der Waals surface area contributed by atoms with Crippen LogP contribution in [0, 0.1) is 0 Å². The Balaban J connectivity index is 1.50. The number of anilines is 1. The van der Waals surface area contributed by atoms with E-state index in [4.69, 9.17) is 9.47 Å². The largest absolute Gasteiger partial charge is 0.495 e. The van der Waals surface area contributed by atoms with E-state index in [0.29, 0.717) is 37.0 Å². The summed E-state index contributed by atoms with van der Waals surface area (Å²) in [6.45, 7) is 1.45. The first-order chi connectivity index (χ1) is 12.7. The van der Waals surface area contributed by atoms with E-state index >= 15 is 0 Å². The third-order valence-corrected chi connectivity index (χ3v) is 4.19. The quantitative estimate of drug-likeness (QED) is 0.707. The molecule has 0 bridgehead atoms. The smallest absolute Gasteiger partial charge is 0.277 e. The number of ether oxygens (including phenoxy) is 2. The first kappa shape index (κ1) is 16.1. The molecule has 0 radical (unpaired) electrons. The van der Waals surface area contributed by atoms with Gasteiger partial charge in [-0.25, -0.2) is 4.98 Å². The van der Waals surface area contributed by atoms with Crippen LogP contribution in [0.2, 0.25) is 0 Å². The zero-order chi connectivity index (χ0) is 17.9. The van der Waals surface area contributed by atoms with Crippen molar-refractivity contribution in [3.8, 4) is 11.5 Å². The SMILES string of the molecule is COc1ccc(N2CCn3nc(COc4ccccc4)cc3C2=O)nc1. The molecule has 0 fully saturated rings. The van der Waals surface area contributed by atoms with Gasteiger partial charge in [-0.05, 0) is 30.3 Å². The van der Waals surface area contributed by atoms with Gasteiger partial charge >= 0.3 is 0 Å². The Kier molecular flexibility index (Phi) is 4.27. The van der Waals surface area contributed by atoms with Crippen LogP contribution < -0.4 is 14.4 Å². The maximum atomic E-state index is 12.8. The van der Waals surface area contributed by atoms with Crippen molar-refractivity contribution in [1.29, 1.82) is 0 Å². The molecule has 7 nitrogen and oxygen atoms in total. The molecule has 1 aliphatic rings. The van der Waals surface area contributed by atoms with Crippen LogP contribution in [0.4, 0.5) is 5.82 Å². The zero-order valence-corrected chi connectivity index (χ0v) is 14.3. The number of carbonyl (C=O) groups is 1. The van der Waals surface area contributed by atoms with Crippen LogP contribution in [0.25, 0.3) is 0 Å². The van der Waals surface area contributed by atoms with E-state index in [-0.39, 0.29) is 5.91 Å². The summed E-state index contributed by atoms with van der Waals surface area (Å²) in [5, 5.41) is 4.48. The summed E-state index contributed by atoms with van der Waals surface area (Å²) >= 11 is 0. The van der Waals surface area contributed by atoms with E-state index in [0.717, 1.165) is 11.4 Å². The molecule has 7 heteroatoms. The fourth-order valence-electron chi connectivity index (χ4n) is 2.86. The molecule has 4 rings (SSSR count). The molecule has 0 unspecified atom stereocenters. The predicted molar refractivity (Wildman–Crippen MR) is 95.5 cm³/mol. The molecule has 0 saturated heterocycles. The molecule has 0 atom stereocenters. The standard InChI is InChI=1S/C19H18N4O3/c1-25-16-7-8-18(20-12-16)22-9-10-23-17(19(22)24)11-14(21-23)13-26-15-5-3-2-4-6-15/h2-8,11-12H,9-10,13H2,1H3. The monoisotopic (exact) mass is 350 g/mol. The second-order valence-corrected chi connectivity index (χ2v) is 5.86. The topological polar surface area (TPSA) is 69.5 Å². The van der Waals surface area contributed by atoms with Crippen molar-refractivity contribution >= 4 is 11.7 Å². The second-order valence-electron chi connectivity index (χ2n) is 5.86. The number of methoxy groups -OCH3 is 1. The average molecular weight is 350 g/mol. The molecule has 0 spiro atoms. The maximum absolute atomic E-state index is 12.8. The molecule has 1 amide bonds. The Morgan fingerprint density at radius 3 is 2.65 bits per heavy atom. The summed E-state index contributed by atoms with van der Waals surface area (Å²) < 4.78 is 12.6. The Labute approximate surface area is 150 Å². The Bertz CT molecular complexity index is 906. The molecule has 1 aromatic carbocycles. The first-order valence-corrected chi connectivity index (χ1v) is 8.31. The Hall–Kier alpha value is -3.35. The van der Waals surface area contributed by atoms with E-state index in [1.54, 1.807) is 41.1 Å². The highest BCUT2D eigenvalue weighted by Crippen LogP contribution is 2.22. The second kappa shape index (κ2) is 6.87. The lowest BCUT2D eigenvalue weighted by Crippen LogP contribution is -2.40. The normalized spacial score (nSPS) is 13.4. The van der Waals surface area contributed by atoms with E-state index in [1.165, 1.54) is 0 Å². The number of benzene rings is 1. The first-order valence-electron chi connectivity index (χ1n) is 8.31. The molecule has 3 aromatic rings. The number of para-hydroxylation sites is 1. The minimum atomic E-state index is -0.118. The lowest BCUT2D eigenvalue weighted by atomic mass is 10.2. The Morgan fingerprint density at radius 2 is 1.92 bits per heavy atom. The number of amides is 1. The highest BCUT2D eigenvalue weighted by molar-refractivity contribution is 6.05. The van der Waals surface area contributed by atoms with Crippen molar-refractivity contribution < 1.29 is 14.3 Å². The summed E-state index contributed by atoms with van der Waals surface area (Å²) in [5.74, 6) is 1.91. The molecule has 26 heavy (non-hydrogen) atoms. The highest BCUT2D eigenvalue weighted by atomic mass is 16.5. The van der Waals surface area contributed by atoms with Gasteiger partial charge in [0, 0.05) is 6.54 Å². The van der Waals surface area contributed by atoms with Gasteiger partial charge in [0.25, 0.3) is 5.91 Å². The molecule has 132 valence electrons. The van der Waals surface area contributed by atoms with Crippen molar-refractivity contribution in [2.24, 2.45) is 0 Å². The van der Waals surface area contributed by atoms with Crippen molar-refractivity contribution in [2.45, 2.75) is 13.2 Å². The molecular formula is C19H18N4O3. The molecule has 3 heterocycles. The van der Waals surface area contributed by atoms with Gasteiger partial charge in [-0.1, -0.05) is 18.2 Å². The van der Waals surface area contributed by atoms with E-state index < -0.39 is 0 Å². The third-order valence-electron chi connectivity index (χ3n) is 4.19. The minimum Gasteiger partial charge on any atom is -0.495 e. The predicted octanol–water partition coefficient (Wildman–Crippen LogP) is 2.53. The van der Waals surface area contributed by atoms with E-state index in [1.807, 2.05) is 30.3 Å². The third kappa shape index (κ3) is 3.11. The van der Waals surface area contributed by atoms with Gasteiger partial charge in [0.05, 0.1) is 19.9 Å². The van der Waals surface area contributed by atoms with Crippen LogP contribution in [0.3, 0.4) is 0 Å². The van der Waals surface area contributed by atoms with Crippen LogP contribution >= 0.6 is 0 Å². The molecule has 0 saturated carbocycles. The maximum Gasteiger partial charge on any atom is 0.277 e. The fraction of sp³-hybridized carbons (Fsp3) is 0.211. The van der Waals surface area contributed by atoms with Crippen LogP contribution in [0.5, 0.6) is 11.5 Å². The van der Waals surface area contributed by atoms with Crippen LogP contribution in [-0.2, 0) is 13.2 Å². The molecule has 0 N–H and O–H groups in total. The van der Waals surface area contributed by atoms with Gasteiger partial charge in [-0.2, -0.15) is 5.10 Å². The molecule has 2 aromatic heterocycles. The summed E-state index contributed by atoms with van der Waals surface area (Å²) in [6.07, 6.45) is 1.60. The van der Waals surface area contributed by atoms with E-state index in [2.05, 4.69) is 10.1 Å². The summed E-state index contributed by atoms with van der Waals surface area (Å²) in [5.41, 5.74) is 1.27. The number of rotatable bonds is 5. The van der Waals surface area contributed by atoms with Crippen LogP contribution in [-0.4, -0.2) is 34.3 Å². The zero-order valence-electron chi connectivity index (χ0n) is 14.3. The number of carbonyl (C=O) groups excluding carboxylic acids is 1. The van der Waals surface area contributed by atoms with E-state index in [9.17, 15) is 4.79 Å². The lowest BCUT2D eigenvalue weighted by molar-refractivity contribution is 0.0961. The number of hydrogen-bond acceptors (Lipinski definition) is 5. The summed E-state index contributed by atoms with van der Waals surface area (Å²) in [7, 11) is 1.58. The van der Waals surface area contributed by atoms with Crippen molar-refractivity contribution in [3.63, 3.8) is 0 Å². The van der Waals surface area contributed by atoms with Gasteiger partial charge in [0.15, 0.2) is 0 Å². The van der Waals surface area contributed by atoms with Crippen LogP contribution in [0.15, 0.2) is 54.7 Å². The lowest BCUT2D eigenvalue weighted by Gasteiger charge is -2.26. The Morgan fingerprint density at radius 1 is 1.08 bits per heavy atom. The summed E-state index contributed by atoms with van der Waals surface area (Å²) in [4.78, 5) is 18.8. The average Bonchev–Trinajstić information content (AvgIpc) is 3.12. The van der Waals surface area contributed by atoms with Gasteiger partial charge in [-0.3, -0.25) is 14.4 Å². The molecule has 1 aliphatic heterocycles. The van der Waals surface area contributed by atoms with Crippen LogP contribution in [0.1, 0.15) is 16.2 Å².